The second kappa shape index (κ2) is 6.24. The van der Waals surface area contributed by atoms with Crippen molar-refractivity contribution in [3.63, 3.8) is 0 Å². The Morgan fingerprint density at radius 1 is 1.10 bits per heavy atom. The molecule has 0 aliphatic rings. The summed E-state index contributed by atoms with van der Waals surface area (Å²) in [6, 6.07) is 13.4. The van der Waals surface area contributed by atoms with Crippen LogP contribution in [0.15, 0.2) is 42.5 Å². The van der Waals surface area contributed by atoms with Gasteiger partial charge in [-0.1, -0.05) is 18.2 Å². The van der Waals surface area contributed by atoms with Crippen molar-refractivity contribution in [2.24, 2.45) is 0 Å². The van der Waals surface area contributed by atoms with Crippen molar-refractivity contribution < 1.29 is 9.53 Å². The first-order valence-electron chi connectivity index (χ1n) is 6.59. The van der Waals surface area contributed by atoms with Gasteiger partial charge in [-0.25, -0.2) is 0 Å². The lowest BCUT2D eigenvalue weighted by molar-refractivity contribution is 0.101. The van der Waals surface area contributed by atoms with Gasteiger partial charge in [0.1, 0.15) is 5.75 Å². The molecule has 0 bridgehead atoms. The molecule has 20 heavy (non-hydrogen) atoms. The van der Waals surface area contributed by atoms with Crippen molar-refractivity contribution in [2.45, 2.75) is 13.8 Å². The van der Waals surface area contributed by atoms with Crippen molar-refractivity contribution in [3.05, 3.63) is 59.2 Å². The van der Waals surface area contributed by atoms with Crippen molar-refractivity contribution in [1.82, 2.24) is 0 Å². The standard InChI is InChI=1S/C17H19NO2/c1-12-6-4-5-7-15(12)18-11-16(19)14-8-9-17(20-3)13(2)10-14/h4-10,18H,11H2,1-3H3. The Morgan fingerprint density at radius 2 is 1.85 bits per heavy atom. The fourth-order valence-corrected chi connectivity index (χ4v) is 2.10. The van der Waals surface area contributed by atoms with Crippen LogP contribution < -0.4 is 10.1 Å². The highest BCUT2D eigenvalue weighted by molar-refractivity contribution is 5.99. The van der Waals surface area contributed by atoms with Gasteiger partial charge in [0.25, 0.3) is 0 Å². The minimum absolute atomic E-state index is 0.0685. The summed E-state index contributed by atoms with van der Waals surface area (Å²) in [6.07, 6.45) is 0. The number of ether oxygens (including phenoxy) is 1. The van der Waals surface area contributed by atoms with Crippen molar-refractivity contribution in [3.8, 4) is 5.75 Å². The summed E-state index contributed by atoms with van der Waals surface area (Å²) in [5, 5.41) is 3.18. The number of carbonyl (C=O) groups excluding carboxylic acids is 1. The molecule has 0 aliphatic heterocycles. The Kier molecular flexibility index (Phi) is 4.41. The van der Waals surface area contributed by atoms with Gasteiger partial charge in [-0.3, -0.25) is 4.79 Å². The van der Waals surface area contributed by atoms with Crippen LogP contribution in [0.2, 0.25) is 0 Å². The summed E-state index contributed by atoms with van der Waals surface area (Å²) in [6.45, 7) is 4.24. The summed E-state index contributed by atoms with van der Waals surface area (Å²) >= 11 is 0. The predicted molar refractivity (Wildman–Crippen MR) is 81.7 cm³/mol. The third-order valence-corrected chi connectivity index (χ3v) is 3.30. The first-order valence-corrected chi connectivity index (χ1v) is 6.59. The minimum atomic E-state index is 0.0685. The number of hydrogen-bond donors (Lipinski definition) is 1. The van der Waals surface area contributed by atoms with Gasteiger partial charge in [0.05, 0.1) is 13.7 Å². The number of hydrogen-bond acceptors (Lipinski definition) is 3. The summed E-state index contributed by atoms with van der Waals surface area (Å²) in [5.74, 6) is 0.868. The van der Waals surface area contributed by atoms with E-state index in [2.05, 4.69) is 5.32 Å². The van der Waals surface area contributed by atoms with Crippen LogP contribution in [0.3, 0.4) is 0 Å². The zero-order valence-electron chi connectivity index (χ0n) is 12.1. The number of nitrogens with one attached hydrogen (secondary N) is 1. The number of Topliss-reactive ketones (excluding diaryl/α,β-unsaturated/α-hetero) is 1. The first kappa shape index (κ1) is 14.1. The SMILES string of the molecule is COc1ccc(C(=O)CNc2ccccc2C)cc1C. The number of rotatable bonds is 5. The van der Waals surface area contributed by atoms with E-state index in [-0.39, 0.29) is 12.3 Å². The Balaban J connectivity index is 2.05. The van der Waals surface area contributed by atoms with Gasteiger partial charge >= 0.3 is 0 Å². The molecular weight excluding hydrogens is 250 g/mol. The highest BCUT2D eigenvalue weighted by Gasteiger charge is 2.08. The van der Waals surface area contributed by atoms with Gasteiger partial charge in [-0.2, -0.15) is 0 Å². The Morgan fingerprint density at radius 3 is 2.50 bits per heavy atom. The molecule has 0 spiro atoms. The number of para-hydroxylation sites is 1. The van der Waals surface area contributed by atoms with E-state index in [1.165, 1.54) is 0 Å². The van der Waals surface area contributed by atoms with Crippen molar-refractivity contribution >= 4 is 11.5 Å². The van der Waals surface area contributed by atoms with Gasteiger partial charge in [0, 0.05) is 11.3 Å². The van der Waals surface area contributed by atoms with E-state index >= 15 is 0 Å². The first-order chi connectivity index (χ1) is 9.61. The fraction of sp³-hybridized carbons (Fsp3) is 0.235. The van der Waals surface area contributed by atoms with Crippen LogP contribution in [0, 0.1) is 13.8 Å². The van der Waals surface area contributed by atoms with Crippen molar-refractivity contribution in [1.29, 1.82) is 0 Å². The molecular formula is C17H19NO2. The van der Waals surface area contributed by atoms with Crippen LogP contribution in [-0.4, -0.2) is 19.4 Å². The van der Waals surface area contributed by atoms with Crippen LogP contribution >= 0.6 is 0 Å². The van der Waals surface area contributed by atoms with Gasteiger partial charge in [-0.05, 0) is 49.2 Å². The molecule has 0 aliphatic carbocycles. The van der Waals surface area contributed by atoms with Gasteiger partial charge < -0.3 is 10.1 Å². The summed E-state index contributed by atoms with van der Waals surface area (Å²) in [4.78, 5) is 12.2. The third kappa shape index (κ3) is 3.18. The van der Waals surface area contributed by atoms with E-state index in [1.54, 1.807) is 13.2 Å². The fourth-order valence-electron chi connectivity index (χ4n) is 2.10. The number of carbonyl (C=O) groups is 1. The minimum Gasteiger partial charge on any atom is -0.496 e. The molecule has 0 radical (unpaired) electrons. The lowest BCUT2D eigenvalue weighted by Crippen LogP contribution is -2.14. The van der Waals surface area contributed by atoms with Crippen LogP contribution in [0.5, 0.6) is 5.75 Å². The molecule has 0 aromatic heterocycles. The number of aryl methyl sites for hydroxylation is 2. The molecule has 0 heterocycles. The average Bonchev–Trinajstić information content (AvgIpc) is 2.46. The zero-order valence-corrected chi connectivity index (χ0v) is 12.1. The normalized spacial score (nSPS) is 10.2. The molecule has 0 atom stereocenters. The number of methoxy groups -OCH3 is 1. The molecule has 0 saturated heterocycles. The van der Waals surface area contributed by atoms with E-state index in [0.717, 1.165) is 22.6 Å². The monoisotopic (exact) mass is 269 g/mol. The molecule has 0 saturated carbocycles. The number of ketones is 1. The number of benzene rings is 2. The van der Waals surface area contributed by atoms with E-state index in [4.69, 9.17) is 4.74 Å². The lowest BCUT2D eigenvalue weighted by Gasteiger charge is -2.10. The van der Waals surface area contributed by atoms with Crippen LogP contribution in [-0.2, 0) is 0 Å². The molecule has 2 aromatic rings. The quantitative estimate of drug-likeness (QED) is 0.843. The van der Waals surface area contributed by atoms with Crippen molar-refractivity contribution in [2.75, 3.05) is 19.0 Å². The van der Waals surface area contributed by atoms with E-state index in [9.17, 15) is 4.79 Å². The van der Waals surface area contributed by atoms with Crippen LogP contribution in [0.4, 0.5) is 5.69 Å². The maximum atomic E-state index is 12.2. The average molecular weight is 269 g/mol. The second-order valence-electron chi connectivity index (χ2n) is 4.78. The molecule has 3 nitrogen and oxygen atoms in total. The Hall–Kier alpha value is -2.29. The highest BCUT2D eigenvalue weighted by Crippen LogP contribution is 2.19. The Bertz CT molecular complexity index is 620. The topological polar surface area (TPSA) is 38.3 Å². The molecule has 104 valence electrons. The summed E-state index contributed by atoms with van der Waals surface area (Å²) in [7, 11) is 1.63. The molecule has 3 heteroatoms. The van der Waals surface area contributed by atoms with E-state index in [0.29, 0.717) is 5.56 Å². The van der Waals surface area contributed by atoms with Gasteiger partial charge in [0.15, 0.2) is 5.78 Å². The van der Waals surface area contributed by atoms with Gasteiger partial charge in [-0.15, -0.1) is 0 Å². The molecule has 0 amide bonds. The third-order valence-electron chi connectivity index (χ3n) is 3.30. The van der Waals surface area contributed by atoms with Crippen LogP contribution in [0.25, 0.3) is 0 Å². The van der Waals surface area contributed by atoms with Gasteiger partial charge in [0.2, 0.25) is 0 Å². The molecule has 2 aromatic carbocycles. The lowest BCUT2D eigenvalue weighted by atomic mass is 10.1. The number of anilines is 1. The highest BCUT2D eigenvalue weighted by atomic mass is 16.5. The molecule has 0 unspecified atom stereocenters. The molecule has 1 N–H and O–H groups in total. The largest absolute Gasteiger partial charge is 0.496 e. The smallest absolute Gasteiger partial charge is 0.181 e. The van der Waals surface area contributed by atoms with E-state index < -0.39 is 0 Å². The van der Waals surface area contributed by atoms with E-state index in [1.807, 2.05) is 50.2 Å². The summed E-state index contributed by atoms with van der Waals surface area (Å²) in [5.41, 5.74) is 3.79. The Labute approximate surface area is 119 Å². The molecule has 2 rings (SSSR count). The second-order valence-corrected chi connectivity index (χ2v) is 4.78. The maximum absolute atomic E-state index is 12.2. The molecule has 0 fully saturated rings. The summed E-state index contributed by atoms with van der Waals surface area (Å²) < 4.78 is 5.20. The zero-order chi connectivity index (χ0) is 14.5. The predicted octanol–water partition coefficient (Wildman–Crippen LogP) is 3.61. The van der Waals surface area contributed by atoms with Crippen LogP contribution in [0.1, 0.15) is 21.5 Å². The maximum Gasteiger partial charge on any atom is 0.181 e.